The minimum absolute atomic E-state index is 0.0215. The molecule has 1 unspecified atom stereocenters. The van der Waals surface area contributed by atoms with Gasteiger partial charge >= 0.3 is 0 Å². The third-order valence-corrected chi connectivity index (χ3v) is 2.89. The van der Waals surface area contributed by atoms with Crippen molar-refractivity contribution in [1.29, 1.82) is 0 Å². The van der Waals surface area contributed by atoms with E-state index in [0.29, 0.717) is 18.7 Å². The Morgan fingerprint density at radius 2 is 2.35 bits per heavy atom. The molecule has 2 heterocycles. The van der Waals surface area contributed by atoms with Gasteiger partial charge in [0.15, 0.2) is 0 Å². The maximum atomic E-state index is 11.8. The minimum atomic E-state index is -0.329. The number of hydrogen-bond donors (Lipinski definition) is 2. The molecule has 6 nitrogen and oxygen atoms in total. The molecule has 0 aliphatic heterocycles. The fraction of sp³-hybridized carbons (Fsp3) is 0.357. The highest BCUT2D eigenvalue weighted by Crippen LogP contribution is 2.06. The molecule has 0 aromatic carbocycles. The van der Waals surface area contributed by atoms with Crippen LogP contribution in [0.4, 0.5) is 0 Å². The van der Waals surface area contributed by atoms with Gasteiger partial charge in [0.25, 0.3) is 5.91 Å². The van der Waals surface area contributed by atoms with Gasteiger partial charge in [-0.2, -0.15) is 0 Å². The van der Waals surface area contributed by atoms with Crippen molar-refractivity contribution in [2.24, 2.45) is 5.92 Å². The molecule has 20 heavy (non-hydrogen) atoms. The number of carbonyl (C=O) groups excluding carboxylic acids is 1. The number of rotatable bonds is 6. The van der Waals surface area contributed by atoms with Crippen LogP contribution >= 0.6 is 0 Å². The van der Waals surface area contributed by atoms with Crippen molar-refractivity contribution >= 4 is 5.91 Å². The second-order valence-electron chi connectivity index (χ2n) is 4.62. The number of hydrogen-bond acceptors (Lipinski definition) is 5. The zero-order valence-corrected chi connectivity index (χ0v) is 11.2. The molecule has 0 aliphatic rings. The van der Waals surface area contributed by atoms with Gasteiger partial charge in [0, 0.05) is 37.0 Å². The van der Waals surface area contributed by atoms with E-state index in [4.69, 9.17) is 4.52 Å². The Hall–Kier alpha value is -2.21. The predicted molar refractivity (Wildman–Crippen MR) is 72.1 cm³/mol. The number of aryl methyl sites for hydroxylation is 1. The molecule has 2 rings (SSSR count). The molecule has 0 fully saturated rings. The van der Waals surface area contributed by atoms with Gasteiger partial charge in [-0.15, -0.1) is 0 Å². The Morgan fingerprint density at radius 3 is 2.95 bits per heavy atom. The summed E-state index contributed by atoms with van der Waals surface area (Å²) in [5.74, 6) is -0.236. The van der Waals surface area contributed by atoms with Crippen LogP contribution in [-0.4, -0.2) is 34.3 Å². The van der Waals surface area contributed by atoms with Gasteiger partial charge in [-0.25, -0.2) is 0 Å². The van der Waals surface area contributed by atoms with E-state index in [1.165, 1.54) is 0 Å². The van der Waals surface area contributed by atoms with Crippen LogP contribution in [0.5, 0.6) is 0 Å². The fourth-order valence-electron chi connectivity index (χ4n) is 1.81. The van der Waals surface area contributed by atoms with E-state index in [1.54, 1.807) is 19.2 Å². The summed E-state index contributed by atoms with van der Waals surface area (Å²) in [6, 6.07) is 7.20. The summed E-state index contributed by atoms with van der Waals surface area (Å²) in [6.45, 7) is 2.08. The predicted octanol–water partition coefficient (Wildman–Crippen LogP) is 0.959. The van der Waals surface area contributed by atoms with Crippen LogP contribution in [-0.2, 0) is 6.42 Å². The molecule has 0 aliphatic carbocycles. The highest BCUT2D eigenvalue weighted by Gasteiger charge is 2.15. The second kappa shape index (κ2) is 6.81. The lowest BCUT2D eigenvalue weighted by Gasteiger charge is -2.13. The van der Waals surface area contributed by atoms with Crippen molar-refractivity contribution < 1.29 is 14.4 Å². The van der Waals surface area contributed by atoms with Crippen LogP contribution in [0, 0.1) is 12.8 Å². The van der Waals surface area contributed by atoms with Gasteiger partial charge in [-0.3, -0.25) is 9.78 Å². The Kier molecular flexibility index (Phi) is 4.84. The zero-order chi connectivity index (χ0) is 14.4. The number of carbonyl (C=O) groups is 1. The Bertz CT molecular complexity index is 554. The molecular weight excluding hydrogens is 258 g/mol. The molecule has 0 radical (unpaired) electrons. The Morgan fingerprint density at radius 1 is 1.50 bits per heavy atom. The number of pyridine rings is 1. The molecule has 2 N–H and O–H groups in total. The van der Waals surface area contributed by atoms with Gasteiger partial charge < -0.3 is 14.9 Å². The van der Waals surface area contributed by atoms with Crippen LogP contribution < -0.4 is 5.32 Å². The van der Waals surface area contributed by atoms with E-state index in [9.17, 15) is 9.90 Å². The van der Waals surface area contributed by atoms with Gasteiger partial charge in [0.1, 0.15) is 0 Å². The van der Waals surface area contributed by atoms with Crippen molar-refractivity contribution in [3.8, 4) is 0 Å². The quantitative estimate of drug-likeness (QED) is 0.819. The van der Waals surface area contributed by atoms with Crippen LogP contribution in [0.15, 0.2) is 35.0 Å². The lowest BCUT2D eigenvalue weighted by molar-refractivity contribution is 0.0903. The highest BCUT2D eigenvalue weighted by molar-refractivity contribution is 5.91. The van der Waals surface area contributed by atoms with E-state index in [1.807, 2.05) is 18.2 Å². The molecule has 0 spiro atoms. The van der Waals surface area contributed by atoms with Crippen molar-refractivity contribution in [3.63, 3.8) is 0 Å². The van der Waals surface area contributed by atoms with Crippen LogP contribution in [0.1, 0.15) is 21.9 Å². The molecule has 0 saturated carbocycles. The lowest BCUT2D eigenvalue weighted by atomic mass is 10.0. The molecule has 6 heteroatoms. The van der Waals surface area contributed by atoms with E-state index in [0.717, 1.165) is 5.69 Å². The third kappa shape index (κ3) is 3.89. The lowest BCUT2D eigenvalue weighted by Crippen LogP contribution is -2.31. The maximum absolute atomic E-state index is 11.8. The summed E-state index contributed by atoms with van der Waals surface area (Å²) in [7, 11) is 0. The average molecular weight is 275 g/mol. The smallest absolute Gasteiger partial charge is 0.289 e. The monoisotopic (exact) mass is 275 g/mol. The van der Waals surface area contributed by atoms with Gasteiger partial charge in [0.2, 0.25) is 5.76 Å². The summed E-state index contributed by atoms with van der Waals surface area (Å²) in [5, 5.41) is 15.7. The third-order valence-electron chi connectivity index (χ3n) is 2.89. The molecule has 1 atom stereocenters. The minimum Gasteiger partial charge on any atom is -0.396 e. The summed E-state index contributed by atoms with van der Waals surface area (Å²) in [6.07, 6.45) is 2.31. The number of aliphatic hydroxyl groups excluding tert-OH is 1. The molecule has 2 aromatic heterocycles. The van der Waals surface area contributed by atoms with Gasteiger partial charge in [0.05, 0.1) is 5.69 Å². The van der Waals surface area contributed by atoms with E-state index in [2.05, 4.69) is 15.5 Å². The van der Waals surface area contributed by atoms with Gasteiger partial charge in [-0.1, -0.05) is 11.2 Å². The number of aromatic nitrogens is 2. The Balaban J connectivity index is 1.86. The average Bonchev–Trinajstić information content (AvgIpc) is 2.91. The first kappa shape index (κ1) is 14.2. The molecule has 106 valence electrons. The molecule has 1 amide bonds. The van der Waals surface area contributed by atoms with Crippen molar-refractivity contribution in [2.45, 2.75) is 13.3 Å². The SMILES string of the molecule is Cc1cc(C(=O)NCC(CO)Cc2ccccn2)on1. The topological polar surface area (TPSA) is 88.2 Å². The summed E-state index contributed by atoms with van der Waals surface area (Å²) in [5.41, 5.74) is 1.54. The second-order valence-corrected chi connectivity index (χ2v) is 4.62. The number of nitrogens with zero attached hydrogens (tertiary/aromatic N) is 2. The van der Waals surface area contributed by atoms with Crippen LogP contribution in [0.25, 0.3) is 0 Å². The highest BCUT2D eigenvalue weighted by atomic mass is 16.5. The van der Waals surface area contributed by atoms with Crippen molar-refractivity contribution in [1.82, 2.24) is 15.5 Å². The van der Waals surface area contributed by atoms with Crippen molar-refractivity contribution in [3.05, 3.63) is 47.6 Å². The largest absolute Gasteiger partial charge is 0.396 e. The van der Waals surface area contributed by atoms with E-state index in [-0.39, 0.29) is 24.2 Å². The Labute approximate surface area is 116 Å². The first-order chi connectivity index (χ1) is 9.69. The maximum Gasteiger partial charge on any atom is 0.289 e. The van der Waals surface area contributed by atoms with E-state index >= 15 is 0 Å². The summed E-state index contributed by atoms with van der Waals surface area (Å²) < 4.78 is 4.87. The first-order valence-electron chi connectivity index (χ1n) is 6.41. The fourth-order valence-corrected chi connectivity index (χ4v) is 1.81. The number of nitrogens with one attached hydrogen (secondary N) is 1. The molecule has 2 aromatic rings. The van der Waals surface area contributed by atoms with Crippen LogP contribution in [0.3, 0.4) is 0 Å². The molecule has 0 bridgehead atoms. The zero-order valence-electron chi connectivity index (χ0n) is 11.2. The normalized spacial score (nSPS) is 12.1. The molecular formula is C14H17N3O3. The first-order valence-corrected chi connectivity index (χ1v) is 6.41. The number of aliphatic hydroxyl groups is 1. The summed E-state index contributed by atoms with van der Waals surface area (Å²) >= 11 is 0. The van der Waals surface area contributed by atoms with Crippen molar-refractivity contribution in [2.75, 3.05) is 13.2 Å². The number of amides is 1. The summed E-state index contributed by atoms with van der Waals surface area (Å²) in [4.78, 5) is 16.0. The van der Waals surface area contributed by atoms with Gasteiger partial charge in [-0.05, 0) is 25.5 Å². The molecule has 0 saturated heterocycles. The van der Waals surface area contributed by atoms with Crippen LogP contribution in [0.2, 0.25) is 0 Å². The standard InChI is InChI=1S/C14H17N3O3/c1-10-6-13(20-17-10)14(19)16-8-11(9-18)7-12-4-2-3-5-15-12/h2-6,11,18H,7-9H2,1H3,(H,16,19). The van der Waals surface area contributed by atoms with E-state index < -0.39 is 0 Å².